The summed E-state index contributed by atoms with van der Waals surface area (Å²) in [7, 11) is 0. The number of halogens is 3. The predicted octanol–water partition coefficient (Wildman–Crippen LogP) is 4.04. The second kappa shape index (κ2) is 9.51. The van der Waals surface area contributed by atoms with Crippen LogP contribution >= 0.6 is 0 Å². The molecule has 5 nitrogen and oxygen atoms in total. The first-order chi connectivity index (χ1) is 16.2. The average molecular weight is 466 g/mol. The summed E-state index contributed by atoms with van der Waals surface area (Å²) >= 11 is 0. The van der Waals surface area contributed by atoms with E-state index in [1.165, 1.54) is 6.08 Å². The predicted molar refractivity (Wildman–Crippen MR) is 121 cm³/mol. The van der Waals surface area contributed by atoms with Gasteiger partial charge in [0.05, 0.1) is 6.42 Å². The molecule has 0 saturated heterocycles. The van der Waals surface area contributed by atoms with Gasteiger partial charge in [0.1, 0.15) is 5.92 Å². The maximum Gasteiger partial charge on any atom is 0.235 e. The first kappa shape index (κ1) is 23.2. The summed E-state index contributed by atoms with van der Waals surface area (Å²) < 4.78 is 40.3. The van der Waals surface area contributed by atoms with Crippen LogP contribution in [0, 0.1) is 23.4 Å². The van der Waals surface area contributed by atoms with Gasteiger partial charge in [0, 0.05) is 24.2 Å². The van der Waals surface area contributed by atoms with Crippen LogP contribution in [0.15, 0.2) is 59.7 Å². The van der Waals surface area contributed by atoms with Crippen molar-refractivity contribution in [3.63, 3.8) is 0 Å². The Morgan fingerprint density at radius 2 is 1.88 bits per heavy atom. The van der Waals surface area contributed by atoms with Crippen molar-refractivity contribution < 1.29 is 27.6 Å². The van der Waals surface area contributed by atoms with Crippen molar-refractivity contribution in [3.05, 3.63) is 93.8 Å². The largest absolute Gasteiger partial charge is 0.352 e. The summed E-state index contributed by atoms with van der Waals surface area (Å²) in [5, 5.41) is 5.46. The number of allylic oxidation sites excluding steroid dienone is 3. The molecule has 0 aromatic heterocycles. The maximum atomic E-state index is 13.5. The van der Waals surface area contributed by atoms with Crippen LogP contribution in [0.25, 0.3) is 6.08 Å². The van der Waals surface area contributed by atoms with E-state index >= 15 is 0 Å². The van der Waals surface area contributed by atoms with Gasteiger partial charge in [-0.3, -0.25) is 14.4 Å². The van der Waals surface area contributed by atoms with E-state index in [-0.39, 0.29) is 30.0 Å². The van der Waals surface area contributed by atoms with Gasteiger partial charge in [-0.1, -0.05) is 42.0 Å². The Bertz CT molecular complexity index is 1270. The summed E-state index contributed by atoms with van der Waals surface area (Å²) in [4.78, 5) is 37.0. The van der Waals surface area contributed by atoms with Gasteiger partial charge in [0.15, 0.2) is 23.2 Å². The molecule has 0 bridgehead atoms. The summed E-state index contributed by atoms with van der Waals surface area (Å²) in [6.45, 7) is 1.89. The third-order valence-electron chi connectivity index (χ3n) is 5.61. The highest BCUT2D eigenvalue weighted by atomic mass is 19.2. The van der Waals surface area contributed by atoms with Crippen molar-refractivity contribution in [1.29, 1.82) is 0 Å². The lowest BCUT2D eigenvalue weighted by Crippen LogP contribution is -2.36. The Hall–Kier alpha value is -3.94. The van der Waals surface area contributed by atoms with Gasteiger partial charge in [-0.25, -0.2) is 13.2 Å². The average Bonchev–Trinajstić information content (AvgIpc) is 3.16. The number of carbonyl (C=O) groups is 3. The van der Waals surface area contributed by atoms with E-state index in [0.29, 0.717) is 12.0 Å². The van der Waals surface area contributed by atoms with Crippen LogP contribution in [0.4, 0.5) is 18.9 Å². The van der Waals surface area contributed by atoms with E-state index in [1.807, 2.05) is 18.2 Å². The van der Waals surface area contributed by atoms with Crippen molar-refractivity contribution in [1.82, 2.24) is 5.32 Å². The number of Topliss-reactive ketones (excluding diaryl/α,β-unsaturated/α-hetero) is 1. The third-order valence-corrected chi connectivity index (χ3v) is 5.61. The molecular weight excluding hydrogens is 445 g/mol. The summed E-state index contributed by atoms with van der Waals surface area (Å²) in [5.41, 5.74) is 3.52. The lowest BCUT2D eigenvalue weighted by atomic mass is 9.85. The van der Waals surface area contributed by atoms with Crippen molar-refractivity contribution in [2.45, 2.75) is 19.8 Å². The molecule has 1 aliphatic carbocycles. The standard InChI is InChI=1S/C26H21F3N2O3/c1-14-7-18(9-16-10-20(27)24(29)21(28)11-16)25(33)19(8-14)26(34)30-6-2-3-15-4-5-17-13-23(32)31-22(17)12-15/h2-5,7-8,10-12,19H,6,9,13H2,1H3,(H,30,34)(H,31,32)/b3-2+. The molecule has 1 unspecified atom stereocenters. The van der Waals surface area contributed by atoms with E-state index in [0.717, 1.165) is 28.9 Å². The molecule has 1 aliphatic heterocycles. The van der Waals surface area contributed by atoms with E-state index < -0.39 is 35.1 Å². The van der Waals surface area contributed by atoms with Crippen molar-refractivity contribution in [3.8, 4) is 0 Å². The highest BCUT2D eigenvalue weighted by Crippen LogP contribution is 2.25. The van der Waals surface area contributed by atoms with Crippen molar-refractivity contribution >= 4 is 29.4 Å². The topological polar surface area (TPSA) is 75.3 Å². The lowest BCUT2D eigenvalue weighted by molar-refractivity contribution is -0.130. The minimum Gasteiger partial charge on any atom is -0.352 e. The minimum absolute atomic E-state index is 0.0491. The van der Waals surface area contributed by atoms with Crippen molar-refractivity contribution in [2.24, 2.45) is 5.92 Å². The van der Waals surface area contributed by atoms with Gasteiger partial charge in [0.25, 0.3) is 0 Å². The number of amides is 2. The minimum atomic E-state index is -1.57. The Labute approximate surface area is 194 Å². The SMILES string of the molecule is CC1=CC(C(=O)NC/C=C/c2ccc3c(c2)NC(=O)C3)C(=O)C(Cc2cc(F)c(F)c(F)c2)=C1. The number of hydrogen-bond acceptors (Lipinski definition) is 3. The lowest BCUT2D eigenvalue weighted by Gasteiger charge is -2.19. The van der Waals surface area contributed by atoms with E-state index in [1.54, 1.807) is 25.2 Å². The number of rotatable bonds is 6. The van der Waals surface area contributed by atoms with Crippen LogP contribution in [-0.2, 0) is 27.2 Å². The molecule has 0 fully saturated rings. The van der Waals surface area contributed by atoms with Gasteiger partial charge < -0.3 is 10.6 Å². The third kappa shape index (κ3) is 5.01. The van der Waals surface area contributed by atoms with E-state index in [9.17, 15) is 27.6 Å². The van der Waals surface area contributed by atoms with Gasteiger partial charge in [-0.05, 0) is 41.8 Å². The fourth-order valence-electron chi connectivity index (χ4n) is 4.00. The number of hydrogen-bond donors (Lipinski definition) is 2. The van der Waals surface area contributed by atoms with Crippen LogP contribution in [0.5, 0.6) is 0 Å². The Morgan fingerprint density at radius 1 is 1.15 bits per heavy atom. The zero-order valence-electron chi connectivity index (χ0n) is 18.3. The quantitative estimate of drug-likeness (QED) is 0.499. The molecular formula is C26H21F3N2O3. The summed E-state index contributed by atoms with van der Waals surface area (Å²) in [6, 6.07) is 7.25. The molecule has 2 aromatic rings. The number of nitrogens with one attached hydrogen (secondary N) is 2. The zero-order chi connectivity index (χ0) is 24.4. The van der Waals surface area contributed by atoms with Crippen LogP contribution in [-0.4, -0.2) is 24.1 Å². The number of ketones is 1. The molecule has 0 radical (unpaired) electrons. The molecule has 4 rings (SSSR count). The molecule has 34 heavy (non-hydrogen) atoms. The number of fused-ring (bicyclic) bond motifs is 1. The monoisotopic (exact) mass is 466 g/mol. The first-order valence-electron chi connectivity index (χ1n) is 10.6. The zero-order valence-corrected chi connectivity index (χ0v) is 18.3. The maximum absolute atomic E-state index is 13.5. The molecule has 2 aromatic carbocycles. The van der Waals surface area contributed by atoms with Gasteiger partial charge >= 0.3 is 0 Å². The van der Waals surface area contributed by atoms with Crippen LogP contribution < -0.4 is 10.6 Å². The Balaban J connectivity index is 1.37. The van der Waals surface area contributed by atoms with Gasteiger partial charge in [-0.15, -0.1) is 0 Å². The van der Waals surface area contributed by atoms with Crippen LogP contribution in [0.3, 0.4) is 0 Å². The van der Waals surface area contributed by atoms with Crippen molar-refractivity contribution in [2.75, 3.05) is 11.9 Å². The molecule has 2 N–H and O–H groups in total. The second-order valence-electron chi connectivity index (χ2n) is 8.26. The number of anilines is 1. The van der Waals surface area contributed by atoms with Gasteiger partial charge in [-0.2, -0.15) is 0 Å². The summed E-state index contributed by atoms with van der Waals surface area (Å²) in [6.07, 6.45) is 6.83. The molecule has 1 heterocycles. The van der Waals surface area contributed by atoms with E-state index in [4.69, 9.17) is 0 Å². The molecule has 8 heteroatoms. The van der Waals surface area contributed by atoms with E-state index in [2.05, 4.69) is 10.6 Å². The molecule has 2 amide bonds. The number of carbonyl (C=O) groups excluding carboxylic acids is 3. The first-order valence-corrected chi connectivity index (χ1v) is 10.6. The molecule has 2 aliphatic rings. The highest BCUT2D eigenvalue weighted by Gasteiger charge is 2.30. The van der Waals surface area contributed by atoms with Crippen LogP contribution in [0.2, 0.25) is 0 Å². The normalized spacial score (nSPS) is 17.4. The fourth-order valence-corrected chi connectivity index (χ4v) is 4.00. The Kier molecular flexibility index (Phi) is 6.49. The second-order valence-corrected chi connectivity index (χ2v) is 8.26. The van der Waals surface area contributed by atoms with Gasteiger partial charge in [0.2, 0.25) is 11.8 Å². The molecule has 174 valence electrons. The number of benzene rings is 2. The smallest absolute Gasteiger partial charge is 0.235 e. The van der Waals surface area contributed by atoms with Crippen LogP contribution in [0.1, 0.15) is 23.6 Å². The molecule has 0 spiro atoms. The summed E-state index contributed by atoms with van der Waals surface area (Å²) in [5.74, 6) is -6.34. The highest BCUT2D eigenvalue weighted by molar-refractivity contribution is 6.12. The Morgan fingerprint density at radius 3 is 2.62 bits per heavy atom. The fraction of sp³-hybridized carbons (Fsp3) is 0.192. The molecule has 1 atom stereocenters. The molecule has 0 saturated carbocycles.